The summed E-state index contributed by atoms with van der Waals surface area (Å²) in [5.41, 5.74) is 0. The normalized spacial score (nSPS) is 23.9. The van der Waals surface area contributed by atoms with Gasteiger partial charge in [-0.3, -0.25) is 4.68 Å². The first-order valence-electron chi connectivity index (χ1n) is 6.69. The monoisotopic (exact) mass is 251 g/mol. The Hall–Kier alpha value is -1.39. The van der Waals surface area contributed by atoms with Crippen molar-refractivity contribution < 1.29 is 9.53 Å². The van der Waals surface area contributed by atoms with Gasteiger partial charge in [0.15, 0.2) is 0 Å². The number of hydrogen-bond donors (Lipinski definition) is 0. The van der Waals surface area contributed by atoms with Gasteiger partial charge in [0, 0.05) is 13.0 Å². The standard InChI is InChI=1S/C13H21N3O2/c1-4-18-13(17)11-14-12(16(3)15-11)10-7-5-9(2)6-8-10/h9-10H,4-8H2,1-3H3. The molecule has 5 nitrogen and oxygen atoms in total. The van der Waals surface area contributed by atoms with E-state index < -0.39 is 5.97 Å². The Kier molecular flexibility index (Phi) is 3.99. The summed E-state index contributed by atoms with van der Waals surface area (Å²) in [6, 6.07) is 0. The van der Waals surface area contributed by atoms with Gasteiger partial charge in [0.1, 0.15) is 5.82 Å². The van der Waals surface area contributed by atoms with Crippen LogP contribution in [0.15, 0.2) is 0 Å². The fourth-order valence-electron chi connectivity index (χ4n) is 2.55. The van der Waals surface area contributed by atoms with Crippen LogP contribution < -0.4 is 0 Å². The molecule has 0 saturated heterocycles. The number of rotatable bonds is 3. The first-order valence-corrected chi connectivity index (χ1v) is 6.69. The largest absolute Gasteiger partial charge is 0.460 e. The Morgan fingerprint density at radius 1 is 1.39 bits per heavy atom. The Morgan fingerprint density at radius 2 is 2.06 bits per heavy atom. The van der Waals surface area contributed by atoms with E-state index in [9.17, 15) is 4.79 Å². The van der Waals surface area contributed by atoms with E-state index in [2.05, 4.69) is 17.0 Å². The fraction of sp³-hybridized carbons (Fsp3) is 0.769. The number of aryl methyl sites for hydroxylation is 1. The van der Waals surface area contributed by atoms with Gasteiger partial charge >= 0.3 is 5.97 Å². The molecule has 1 aromatic rings. The molecule has 100 valence electrons. The number of nitrogens with zero attached hydrogens (tertiary/aromatic N) is 3. The van der Waals surface area contributed by atoms with E-state index in [0.29, 0.717) is 12.5 Å². The molecule has 1 heterocycles. The molecule has 0 aromatic carbocycles. The van der Waals surface area contributed by atoms with Crippen molar-refractivity contribution in [2.45, 2.75) is 45.4 Å². The number of ether oxygens (including phenoxy) is 1. The number of hydrogen-bond acceptors (Lipinski definition) is 4. The molecule has 0 radical (unpaired) electrons. The van der Waals surface area contributed by atoms with Crippen molar-refractivity contribution in [3.05, 3.63) is 11.6 Å². The van der Waals surface area contributed by atoms with Crippen molar-refractivity contribution in [3.63, 3.8) is 0 Å². The minimum absolute atomic E-state index is 0.188. The van der Waals surface area contributed by atoms with Crippen molar-refractivity contribution in [2.75, 3.05) is 6.61 Å². The van der Waals surface area contributed by atoms with Crippen molar-refractivity contribution in [3.8, 4) is 0 Å². The second-order valence-corrected chi connectivity index (χ2v) is 5.09. The highest BCUT2D eigenvalue weighted by molar-refractivity contribution is 5.84. The van der Waals surface area contributed by atoms with Crippen LogP contribution in [-0.2, 0) is 11.8 Å². The summed E-state index contributed by atoms with van der Waals surface area (Å²) < 4.78 is 6.65. The molecule has 0 bridgehead atoms. The molecule has 18 heavy (non-hydrogen) atoms. The molecule has 0 spiro atoms. The van der Waals surface area contributed by atoms with Gasteiger partial charge in [-0.1, -0.05) is 19.8 Å². The summed E-state index contributed by atoms with van der Waals surface area (Å²) in [6.07, 6.45) is 4.73. The van der Waals surface area contributed by atoms with Crippen LogP contribution in [0.2, 0.25) is 0 Å². The predicted molar refractivity (Wildman–Crippen MR) is 67.3 cm³/mol. The third-order valence-corrected chi connectivity index (χ3v) is 3.64. The molecular weight excluding hydrogens is 230 g/mol. The fourth-order valence-corrected chi connectivity index (χ4v) is 2.55. The summed E-state index contributed by atoms with van der Waals surface area (Å²) in [5.74, 6) is 1.92. The van der Waals surface area contributed by atoms with Gasteiger partial charge in [-0.15, -0.1) is 5.10 Å². The predicted octanol–water partition coefficient (Wildman–Crippen LogP) is 2.29. The second kappa shape index (κ2) is 5.50. The number of esters is 1. The molecule has 0 N–H and O–H groups in total. The molecule has 1 aliphatic carbocycles. The zero-order chi connectivity index (χ0) is 13.1. The molecule has 1 aromatic heterocycles. The molecule has 1 fully saturated rings. The van der Waals surface area contributed by atoms with Gasteiger partial charge in [0.25, 0.3) is 5.82 Å². The van der Waals surface area contributed by atoms with E-state index in [4.69, 9.17) is 4.74 Å². The summed E-state index contributed by atoms with van der Waals surface area (Å²) >= 11 is 0. The number of carbonyl (C=O) groups excluding carboxylic acids is 1. The van der Waals surface area contributed by atoms with Gasteiger partial charge in [-0.2, -0.15) is 0 Å². The maximum Gasteiger partial charge on any atom is 0.378 e. The van der Waals surface area contributed by atoms with Gasteiger partial charge in [-0.25, -0.2) is 9.78 Å². The summed E-state index contributed by atoms with van der Waals surface area (Å²) in [6.45, 7) is 4.43. The van der Waals surface area contributed by atoms with Crippen molar-refractivity contribution >= 4 is 5.97 Å². The van der Waals surface area contributed by atoms with E-state index in [1.807, 2.05) is 7.05 Å². The van der Waals surface area contributed by atoms with Crippen LogP contribution in [0.3, 0.4) is 0 Å². The molecule has 1 aliphatic rings. The molecular formula is C13H21N3O2. The lowest BCUT2D eigenvalue weighted by atomic mass is 9.82. The zero-order valence-electron chi connectivity index (χ0n) is 11.3. The topological polar surface area (TPSA) is 57.0 Å². The van der Waals surface area contributed by atoms with Crippen LogP contribution in [0.5, 0.6) is 0 Å². The van der Waals surface area contributed by atoms with E-state index in [0.717, 1.165) is 24.6 Å². The molecule has 2 rings (SSSR count). The summed E-state index contributed by atoms with van der Waals surface area (Å²) in [7, 11) is 1.85. The van der Waals surface area contributed by atoms with Crippen LogP contribution in [0.4, 0.5) is 0 Å². The Morgan fingerprint density at radius 3 is 2.67 bits per heavy atom. The number of carbonyl (C=O) groups is 1. The maximum atomic E-state index is 11.6. The zero-order valence-corrected chi connectivity index (χ0v) is 11.3. The lowest BCUT2D eigenvalue weighted by Gasteiger charge is -2.25. The number of aromatic nitrogens is 3. The van der Waals surface area contributed by atoms with Crippen molar-refractivity contribution in [2.24, 2.45) is 13.0 Å². The lowest BCUT2D eigenvalue weighted by Crippen LogP contribution is -2.14. The SMILES string of the molecule is CCOC(=O)c1nc(C2CCC(C)CC2)n(C)n1. The Bertz CT molecular complexity index is 420. The molecule has 0 atom stereocenters. The van der Waals surface area contributed by atoms with Gasteiger partial charge in [-0.05, 0) is 25.7 Å². The molecule has 5 heteroatoms. The lowest BCUT2D eigenvalue weighted by molar-refractivity contribution is 0.0511. The minimum atomic E-state index is -0.427. The van der Waals surface area contributed by atoms with E-state index in [1.165, 1.54) is 12.8 Å². The van der Waals surface area contributed by atoms with Crippen LogP contribution in [-0.4, -0.2) is 27.3 Å². The first kappa shape index (κ1) is 13.1. The quantitative estimate of drug-likeness (QED) is 0.773. The van der Waals surface area contributed by atoms with Crippen LogP contribution >= 0.6 is 0 Å². The summed E-state index contributed by atoms with van der Waals surface area (Å²) in [4.78, 5) is 15.9. The highest BCUT2D eigenvalue weighted by Crippen LogP contribution is 2.34. The Balaban J connectivity index is 2.11. The molecule has 0 amide bonds. The third-order valence-electron chi connectivity index (χ3n) is 3.64. The van der Waals surface area contributed by atoms with Gasteiger partial charge in [0.2, 0.25) is 0 Å². The minimum Gasteiger partial charge on any atom is -0.460 e. The van der Waals surface area contributed by atoms with Crippen LogP contribution in [0, 0.1) is 5.92 Å². The molecule has 0 aliphatic heterocycles. The van der Waals surface area contributed by atoms with Gasteiger partial charge < -0.3 is 4.74 Å². The smallest absolute Gasteiger partial charge is 0.378 e. The average Bonchev–Trinajstić information content (AvgIpc) is 2.73. The van der Waals surface area contributed by atoms with Crippen molar-refractivity contribution in [1.29, 1.82) is 0 Å². The third kappa shape index (κ3) is 2.71. The average molecular weight is 251 g/mol. The highest BCUT2D eigenvalue weighted by atomic mass is 16.5. The van der Waals surface area contributed by atoms with Crippen molar-refractivity contribution in [1.82, 2.24) is 14.8 Å². The van der Waals surface area contributed by atoms with Crippen LogP contribution in [0.1, 0.15) is 61.9 Å². The van der Waals surface area contributed by atoms with Crippen LogP contribution in [0.25, 0.3) is 0 Å². The van der Waals surface area contributed by atoms with E-state index in [-0.39, 0.29) is 5.82 Å². The van der Waals surface area contributed by atoms with E-state index >= 15 is 0 Å². The summed E-state index contributed by atoms with van der Waals surface area (Å²) in [5, 5.41) is 4.15. The Labute approximate surface area is 108 Å². The van der Waals surface area contributed by atoms with Gasteiger partial charge in [0.05, 0.1) is 6.61 Å². The second-order valence-electron chi connectivity index (χ2n) is 5.09. The molecule has 1 saturated carbocycles. The maximum absolute atomic E-state index is 11.6. The molecule has 0 unspecified atom stereocenters. The first-order chi connectivity index (χ1) is 8.61. The van der Waals surface area contributed by atoms with E-state index in [1.54, 1.807) is 11.6 Å². The highest BCUT2D eigenvalue weighted by Gasteiger charge is 2.25.